The van der Waals surface area contributed by atoms with Gasteiger partial charge in [0.2, 0.25) is 0 Å². The molecule has 0 rings (SSSR count). The van der Waals surface area contributed by atoms with E-state index in [-0.39, 0.29) is 0 Å². The lowest BCUT2D eigenvalue weighted by Crippen LogP contribution is -2.31. The van der Waals surface area contributed by atoms with E-state index >= 15 is 0 Å². The maximum atomic E-state index is 10.1. The number of nitrogens with one attached hydrogen (secondary N) is 2. The van der Waals surface area contributed by atoms with E-state index in [4.69, 9.17) is 11.5 Å². The molecule has 0 heterocycles. The summed E-state index contributed by atoms with van der Waals surface area (Å²) in [7, 11) is 0. The second kappa shape index (κ2) is 2.72. The van der Waals surface area contributed by atoms with Crippen LogP contribution in [0.25, 0.3) is 0 Å². The molecule has 0 bridgehead atoms. The topological polar surface area (TPSA) is 116 Å². The van der Waals surface area contributed by atoms with Gasteiger partial charge in [-0.3, -0.25) is 30.6 Å². The van der Waals surface area contributed by atoms with E-state index in [1.54, 1.807) is 0 Å². The van der Waals surface area contributed by atoms with Crippen LogP contribution < -0.4 is 11.5 Å². The summed E-state index contributed by atoms with van der Waals surface area (Å²) in [6.45, 7) is 0. The molecule has 0 aromatic heterocycles. The summed E-state index contributed by atoms with van der Waals surface area (Å²) >= 11 is 0. The highest BCUT2D eigenvalue weighted by Gasteiger charge is 2.25. The Balaban J connectivity index is 4.39. The molecule has 0 aromatic carbocycles. The molecule has 6 heteroatoms. The van der Waals surface area contributed by atoms with Gasteiger partial charge >= 0.3 is 11.8 Å². The quantitative estimate of drug-likeness (QED) is 0.326. The number of Topliss-reactive ketones (excluding diaryl/α,β-unsaturated/α-hetero) is 2. The summed E-state index contributed by atoms with van der Waals surface area (Å²) in [4.78, 5) is 39.6. The van der Waals surface area contributed by atoms with Crippen LogP contribution in [-0.4, -0.2) is 23.4 Å². The van der Waals surface area contributed by atoms with Gasteiger partial charge in [-0.2, -0.15) is 0 Å². The van der Waals surface area contributed by atoms with Gasteiger partial charge in [-0.15, -0.1) is 0 Å². The molecule has 2 N–H and O–H groups in total. The van der Waals surface area contributed by atoms with Crippen molar-refractivity contribution in [2.75, 3.05) is 0 Å². The third-order valence-electron chi connectivity index (χ3n) is 0.619. The summed E-state index contributed by atoms with van der Waals surface area (Å²) in [6.07, 6.45) is 0. The van der Waals surface area contributed by atoms with Gasteiger partial charge in [-0.05, 0) is 0 Å². The molecule has 10 heavy (non-hydrogen) atoms. The monoisotopic (exact) mass is 142 g/mol. The fourth-order valence-corrected chi connectivity index (χ4v) is 0.206. The number of carbonyl (C=O) groups excluding carboxylic acids is 4. The van der Waals surface area contributed by atoms with Crippen molar-refractivity contribution in [3.05, 3.63) is 0 Å². The number of amides is 2. The average molecular weight is 142 g/mol. The minimum atomic E-state index is -1.77. The zero-order chi connectivity index (χ0) is 8.31. The maximum Gasteiger partial charge on any atom is 0.314 e. The maximum absolute atomic E-state index is 10.1. The van der Waals surface area contributed by atoms with Crippen molar-refractivity contribution in [3.63, 3.8) is 0 Å². The van der Waals surface area contributed by atoms with Crippen molar-refractivity contribution in [3.8, 4) is 0 Å². The molecular weight excluding hydrogens is 140 g/mol. The zero-order valence-corrected chi connectivity index (χ0v) is 4.63. The second-order valence-electron chi connectivity index (χ2n) is 1.32. The van der Waals surface area contributed by atoms with Crippen molar-refractivity contribution in [1.29, 1.82) is 0 Å². The normalized spacial score (nSPS) is 8.40. The molecule has 52 valence electrons. The number of carbonyl (C=O) groups is 4. The second-order valence-corrected chi connectivity index (χ2v) is 1.32. The molecule has 0 saturated carbocycles. The van der Waals surface area contributed by atoms with E-state index in [1.807, 2.05) is 0 Å². The van der Waals surface area contributed by atoms with Gasteiger partial charge in [0.15, 0.2) is 0 Å². The third kappa shape index (κ3) is 1.66. The Morgan fingerprint density at radius 1 is 0.700 bits per heavy atom. The highest BCUT2D eigenvalue weighted by Crippen LogP contribution is 1.75. The Kier molecular flexibility index (Phi) is 2.25. The van der Waals surface area contributed by atoms with Gasteiger partial charge in [-0.25, -0.2) is 0 Å². The molecule has 0 spiro atoms. The van der Waals surface area contributed by atoms with E-state index in [1.165, 1.54) is 0 Å². The Hall–Kier alpha value is -1.72. The number of ketones is 2. The molecule has 0 aliphatic rings. The van der Waals surface area contributed by atoms with Crippen LogP contribution in [0.15, 0.2) is 0 Å². The van der Waals surface area contributed by atoms with Crippen molar-refractivity contribution in [2.24, 2.45) is 0 Å². The van der Waals surface area contributed by atoms with Crippen molar-refractivity contribution in [1.82, 2.24) is 11.5 Å². The van der Waals surface area contributed by atoms with Gasteiger partial charge in [-0.1, -0.05) is 0 Å². The Labute approximate surface area is 55.2 Å². The van der Waals surface area contributed by atoms with E-state index in [9.17, 15) is 19.2 Å². The molecule has 0 fully saturated rings. The van der Waals surface area contributed by atoms with Crippen LogP contribution >= 0.6 is 0 Å². The standard InChI is InChI=1S/C4H2N2O4/c5-3(9)1(7)2(8)4(6)10/h5-6H. The molecule has 0 atom stereocenters. The number of rotatable bonds is 3. The van der Waals surface area contributed by atoms with Gasteiger partial charge in [0.25, 0.3) is 11.6 Å². The lowest BCUT2D eigenvalue weighted by Gasteiger charge is -1.84. The van der Waals surface area contributed by atoms with Crippen LogP contribution in [0.2, 0.25) is 0 Å². The Bertz CT molecular complexity index is 195. The van der Waals surface area contributed by atoms with Crippen molar-refractivity contribution < 1.29 is 19.2 Å². The molecule has 0 aromatic rings. The van der Waals surface area contributed by atoms with Crippen molar-refractivity contribution in [2.45, 2.75) is 0 Å². The van der Waals surface area contributed by atoms with Gasteiger partial charge in [0.05, 0.1) is 0 Å². The first-order chi connectivity index (χ1) is 4.46. The van der Waals surface area contributed by atoms with Crippen molar-refractivity contribution >= 4 is 23.4 Å². The minimum Gasteiger partial charge on any atom is -0.279 e. The predicted molar refractivity (Wildman–Crippen MR) is 26.2 cm³/mol. The predicted octanol–water partition coefficient (Wildman–Crippen LogP) is -2.26. The Morgan fingerprint density at radius 2 is 0.900 bits per heavy atom. The first-order valence-electron chi connectivity index (χ1n) is 2.07. The lowest BCUT2D eigenvalue weighted by molar-refractivity contribution is -0.148. The van der Waals surface area contributed by atoms with Crippen LogP contribution in [0.1, 0.15) is 0 Å². The molecule has 0 aliphatic carbocycles. The highest BCUT2D eigenvalue weighted by atomic mass is 16.2. The first kappa shape index (κ1) is 8.28. The summed E-state index contributed by atoms with van der Waals surface area (Å²) < 4.78 is 0. The third-order valence-corrected chi connectivity index (χ3v) is 0.619. The zero-order valence-electron chi connectivity index (χ0n) is 4.63. The number of hydrogen-bond donors (Lipinski definition) is 0. The van der Waals surface area contributed by atoms with Gasteiger partial charge in [0, 0.05) is 0 Å². The summed E-state index contributed by atoms with van der Waals surface area (Å²) in [5.74, 6) is -7.07. The lowest BCUT2D eigenvalue weighted by atomic mass is 10.2. The molecule has 2 amide bonds. The van der Waals surface area contributed by atoms with Crippen LogP contribution in [0, 0.1) is 0 Å². The first-order valence-corrected chi connectivity index (χ1v) is 2.07. The molecule has 2 radical (unpaired) electrons. The van der Waals surface area contributed by atoms with E-state index in [2.05, 4.69) is 0 Å². The molecule has 0 unspecified atom stereocenters. The van der Waals surface area contributed by atoms with Crippen LogP contribution in [-0.2, 0) is 19.2 Å². The highest BCUT2D eigenvalue weighted by molar-refractivity contribution is 6.77. The van der Waals surface area contributed by atoms with E-state index in [0.29, 0.717) is 0 Å². The molecule has 0 aliphatic heterocycles. The molecule has 0 saturated heterocycles. The van der Waals surface area contributed by atoms with E-state index in [0.717, 1.165) is 0 Å². The number of hydrogen-bond acceptors (Lipinski definition) is 4. The summed E-state index contributed by atoms with van der Waals surface area (Å²) in [6, 6.07) is 0. The minimum absolute atomic E-state index is 1.76. The van der Waals surface area contributed by atoms with Crippen LogP contribution in [0.3, 0.4) is 0 Å². The van der Waals surface area contributed by atoms with Crippen LogP contribution in [0.4, 0.5) is 0 Å². The molecular formula is C4H2N2O4. The SMILES string of the molecule is [NH]C(=O)C(=O)C(=O)C([NH])=O. The van der Waals surface area contributed by atoms with E-state index < -0.39 is 23.4 Å². The smallest absolute Gasteiger partial charge is 0.279 e. The summed E-state index contributed by atoms with van der Waals surface area (Å²) in [5, 5.41) is 0. The average Bonchev–Trinajstić information content (AvgIpc) is 1.84. The fourth-order valence-electron chi connectivity index (χ4n) is 0.206. The summed E-state index contributed by atoms with van der Waals surface area (Å²) in [5.41, 5.74) is 12.1. The van der Waals surface area contributed by atoms with Gasteiger partial charge < -0.3 is 0 Å². The Morgan fingerprint density at radius 3 is 1.00 bits per heavy atom. The van der Waals surface area contributed by atoms with Crippen LogP contribution in [0.5, 0.6) is 0 Å². The fraction of sp³-hybridized carbons (Fsp3) is 0. The molecule has 6 nitrogen and oxygen atoms in total. The van der Waals surface area contributed by atoms with Gasteiger partial charge in [0.1, 0.15) is 0 Å². The largest absolute Gasteiger partial charge is 0.314 e.